The summed E-state index contributed by atoms with van der Waals surface area (Å²) in [6, 6.07) is 24.4. The Morgan fingerprint density at radius 2 is 1.62 bits per heavy atom. The van der Waals surface area contributed by atoms with Crippen LogP contribution < -0.4 is 19.5 Å². The molecule has 0 saturated carbocycles. The molecule has 200 valence electrons. The zero-order valence-electron chi connectivity index (χ0n) is 21.3. The van der Waals surface area contributed by atoms with Gasteiger partial charge in [0.25, 0.3) is 15.9 Å². The first-order valence-electron chi connectivity index (χ1n) is 12.2. The molecule has 0 aliphatic rings. The second-order valence-corrected chi connectivity index (χ2v) is 10.8. The van der Waals surface area contributed by atoms with Crippen molar-refractivity contribution in [3.05, 3.63) is 90.0 Å². The fourth-order valence-electron chi connectivity index (χ4n) is 4.48. The second-order valence-electron chi connectivity index (χ2n) is 8.76. The van der Waals surface area contributed by atoms with Crippen molar-refractivity contribution in [2.75, 3.05) is 23.8 Å². The Morgan fingerprint density at radius 1 is 0.897 bits per heavy atom. The van der Waals surface area contributed by atoms with Crippen molar-refractivity contribution >= 4 is 60.7 Å². The third kappa shape index (κ3) is 5.50. The normalized spacial score (nSPS) is 11.5. The molecule has 0 radical (unpaired) electrons. The number of nitrogens with one attached hydrogen (secondary N) is 2. The number of rotatable bonds is 9. The zero-order valence-corrected chi connectivity index (χ0v) is 22.8. The SMILES string of the molecule is CCn1c2ccccc2c2cc(NC(=O)COc3ccc(S(=O)(=O)Nc4ccc(OC)c(Cl)c4)cc3)ccc21. The largest absolute Gasteiger partial charge is 0.495 e. The van der Waals surface area contributed by atoms with Gasteiger partial charge in [0, 0.05) is 34.0 Å². The third-order valence-corrected chi connectivity index (χ3v) is 7.97. The number of nitrogens with zero attached hydrogens (tertiary/aromatic N) is 1. The van der Waals surface area contributed by atoms with Gasteiger partial charge in [0.15, 0.2) is 6.61 Å². The summed E-state index contributed by atoms with van der Waals surface area (Å²) in [4.78, 5) is 12.6. The molecule has 0 aliphatic heterocycles. The van der Waals surface area contributed by atoms with Crippen LogP contribution in [0.3, 0.4) is 0 Å². The van der Waals surface area contributed by atoms with Crippen molar-refractivity contribution in [3.63, 3.8) is 0 Å². The Bertz CT molecular complexity index is 1780. The van der Waals surface area contributed by atoms with E-state index in [1.165, 1.54) is 37.4 Å². The van der Waals surface area contributed by atoms with Crippen LogP contribution in [0.25, 0.3) is 21.8 Å². The average Bonchev–Trinajstić information content (AvgIpc) is 3.25. The van der Waals surface area contributed by atoms with Gasteiger partial charge in [0.1, 0.15) is 11.5 Å². The summed E-state index contributed by atoms with van der Waals surface area (Å²) < 4.78 is 40.9. The Kier molecular flexibility index (Phi) is 7.36. The monoisotopic (exact) mass is 563 g/mol. The van der Waals surface area contributed by atoms with Crippen LogP contribution in [0.15, 0.2) is 89.8 Å². The second kappa shape index (κ2) is 10.9. The van der Waals surface area contributed by atoms with Crippen LogP contribution in [0, 0.1) is 0 Å². The molecule has 0 fully saturated rings. The van der Waals surface area contributed by atoms with Crippen LogP contribution in [0.2, 0.25) is 5.02 Å². The minimum Gasteiger partial charge on any atom is -0.495 e. The molecule has 1 aromatic heterocycles. The maximum absolute atomic E-state index is 12.8. The Morgan fingerprint density at radius 3 is 2.33 bits per heavy atom. The maximum atomic E-state index is 12.8. The van der Waals surface area contributed by atoms with Crippen molar-refractivity contribution in [2.24, 2.45) is 0 Å². The van der Waals surface area contributed by atoms with E-state index in [2.05, 4.69) is 33.7 Å². The van der Waals surface area contributed by atoms with Gasteiger partial charge >= 0.3 is 0 Å². The third-order valence-electron chi connectivity index (χ3n) is 6.28. The quantitative estimate of drug-likeness (QED) is 0.219. The lowest BCUT2D eigenvalue weighted by Crippen LogP contribution is -2.20. The number of ether oxygens (including phenoxy) is 2. The summed E-state index contributed by atoms with van der Waals surface area (Å²) >= 11 is 6.08. The average molecular weight is 564 g/mol. The molecule has 4 aromatic carbocycles. The summed E-state index contributed by atoms with van der Waals surface area (Å²) in [5.41, 5.74) is 3.22. The van der Waals surface area contributed by atoms with E-state index in [0.717, 1.165) is 28.4 Å². The van der Waals surface area contributed by atoms with Gasteiger partial charge in [0.05, 0.1) is 22.7 Å². The van der Waals surface area contributed by atoms with Gasteiger partial charge in [-0.15, -0.1) is 0 Å². The van der Waals surface area contributed by atoms with Gasteiger partial charge < -0.3 is 19.4 Å². The van der Waals surface area contributed by atoms with E-state index in [0.29, 0.717) is 22.9 Å². The van der Waals surface area contributed by atoms with Gasteiger partial charge in [-0.3, -0.25) is 9.52 Å². The Hall–Kier alpha value is -4.21. The molecule has 0 spiro atoms. The molecule has 1 amide bonds. The van der Waals surface area contributed by atoms with Crippen LogP contribution in [-0.2, 0) is 21.4 Å². The molecule has 39 heavy (non-hydrogen) atoms. The summed E-state index contributed by atoms with van der Waals surface area (Å²) in [6.45, 7) is 2.72. The highest BCUT2D eigenvalue weighted by Crippen LogP contribution is 2.31. The van der Waals surface area contributed by atoms with Gasteiger partial charge in [-0.2, -0.15) is 0 Å². The van der Waals surface area contributed by atoms with Gasteiger partial charge in [0.2, 0.25) is 0 Å². The van der Waals surface area contributed by atoms with Crippen LogP contribution in [-0.4, -0.2) is 32.6 Å². The van der Waals surface area contributed by atoms with Crippen LogP contribution in [0.1, 0.15) is 6.92 Å². The first-order valence-corrected chi connectivity index (χ1v) is 14.0. The minimum absolute atomic E-state index is 0.0331. The smallest absolute Gasteiger partial charge is 0.262 e. The maximum Gasteiger partial charge on any atom is 0.262 e. The molecular formula is C29H26ClN3O5S. The number of sulfonamides is 1. The van der Waals surface area contributed by atoms with E-state index < -0.39 is 10.0 Å². The number of hydrogen-bond acceptors (Lipinski definition) is 5. The molecule has 5 rings (SSSR count). The predicted molar refractivity (Wildman–Crippen MR) is 154 cm³/mol. The number of para-hydroxylation sites is 1. The highest BCUT2D eigenvalue weighted by molar-refractivity contribution is 7.92. The molecule has 0 unspecified atom stereocenters. The highest BCUT2D eigenvalue weighted by atomic mass is 35.5. The first-order chi connectivity index (χ1) is 18.8. The fourth-order valence-corrected chi connectivity index (χ4v) is 5.78. The number of benzene rings is 4. The number of amides is 1. The van der Waals surface area contributed by atoms with Crippen LogP contribution in [0.5, 0.6) is 11.5 Å². The summed E-state index contributed by atoms with van der Waals surface area (Å²) in [7, 11) is -2.38. The number of fused-ring (bicyclic) bond motifs is 3. The molecule has 0 atom stereocenters. The lowest BCUT2D eigenvalue weighted by Gasteiger charge is -2.11. The van der Waals surface area contributed by atoms with Crippen LogP contribution in [0.4, 0.5) is 11.4 Å². The zero-order chi connectivity index (χ0) is 27.6. The molecule has 0 bridgehead atoms. The number of hydrogen-bond donors (Lipinski definition) is 2. The number of anilines is 2. The van der Waals surface area contributed by atoms with Gasteiger partial charge in [-0.25, -0.2) is 8.42 Å². The summed E-state index contributed by atoms with van der Waals surface area (Å²) in [6.07, 6.45) is 0. The number of aromatic nitrogens is 1. The number of carbonyl (C=O) groups excluding carboxylic acids is 1. The van der Waals surface area contributed by atoms with Gasteiger partial charge in [-0.1, -0.05) is 29.8 Å². The first kappa shape index (κ1) is 26.4. The van der Waals surface area contributed by atoms with Crippen molar-refractivity contribution in [3.8, 4) is 11.5 Å². The Balaban J connectivity index is 1.22. The minimum atomic E-state index is -3.86. The van der Waals surface area contributed by atoms with Crippen molar-refractivity contribution < 1.29 is 22.7 Å². The lowest BCUT2D eigenvalue weighted by molar-refractivity contribution is -0.118. The molecule has 2 N–H and O–H groups in total. The number of carbonyl (C=O) groups is 1. The predicted octanol–water partition coefficient (Wildman–Crippen LogP) is 6.29. The molecule has 0 aliphatic carbocycles. The standard InChI is InChI=1S/C29H26ClN3O5S/c1-3-33-26-7-5-4-6-23(26)24-16-19(8-14-27(24)33)31-29(34)18-38-21-10-12-22(13-11-21)39(35,36)32-20-9-15-28(37-2)25(30)17-20/h4-17,32H,3,18H2,1-2H3,(H,31,34). The van der Waals surface area contributed by atoms with E-state index in [4.69, 9.17) is 21.1 Å². The number of methoxy groups -OCH3 is 1. The Labute approximate surface area is 231 Å². The number of halogens is 1. The molecule has 5 aromatic rings. The van der Waals surface area contributed by atoms with Gasteiger partial charge in [-0.05, 0) is 73.7 Å². The topological polar surface area (TPSA) is 98.7 Å². The number of aryl methyl sites for hydroxylation is 1. The molecule has 10 heteroatoms. The molecular weight excluding hydrogens is 538 g/mol. The van der Waals surface area contributed by atoms with Crippen molar-refractivity contribution in [1.82, 2.24) is 4.57 Å². The molecule has 0 saturated heterocycles. The van der Waals surface area contributed by atoms with Crippen molar-refractivity contribution in [2.45, 2.75) is 18.4 Å². The lowest BCUT2D eigenvalue weighted by atomic mass is 10.1. The van der Waals surface area contributed by atoms with E-state index in [1.54, 1.807) is 12.1 Å². The highest BCUT2D eigenvalue weighted by Gasteiger charge is 2.16. The van der Waals surface area contributed by atoms with E-state index >= 15 is 0 Å². The summed E-state index contributed by atoms with van der Waals surface area (Å²) in [5, 5.41) is 5.35. The van der Waals surface area contributed by atoms with E-state index in [1.807, 2.05) is 30.3 Å². The molecule has 1 heterocycles. The summed E-state index contributed by atoms with van der Waals surface area (Å²) in [5.74, 6) is 0.469. The van der Waals surface area contributed by atoms with E-state index in [-0.39, 0.29) is 22.4 Å². The van der Waals surface area contributed by atoms with Crippen LogP contribution >= 0.6 is 11.6 Å². The van der Waals surface area contributed by atoms with E-state index in [9.17, 15) is 13.2 Å². The van der Waals surface area contributed by atoms with Crippen molar-refractivity contribution in [1.29, 1.82) is 0 Å². The fraction of sp³-hybridized carbons (Fsp3) is 0.138. The molecule has 8 nitrogen and oxygen atoms in total.